The lowest BCUT2D eigenvalue weighted by Crippen LogP contribution is -2.14. The molecule has 132 valence electrons. The van der Waals surface area contributed by atoms with Crippen LogP contribution in [0.15, 0.2) is 59.8 Å². The molecule has 0 atom stereocenters. The molecule has 0 unspecified atom stereocenters. The van der Waals surface area contributed by atoms with Gasteiger partial charge in [-0.1, -0.05) is 65.3 Å². The second-order valence-corrected chi connectivity index (χ2v) is 7.29. The van der Waals surface area contributed by atoms with Gasteiger partial charge in [0.25, 0.3) is 0 Å². The van der Waals surface area contributed by atoms with Crippen molar-refractivity contribution in [3.63, 3.8) is 0 Å². The molecule has 0 fully saturated rings. The number of anilines is 1. The molecule has 0 aliphatic heterocycles. The Kier molecular flexibility index (Phi) is 6.14. The van der Waals surface area contributed by atoms with Crippen molar-refractivity contribution >= 4 is 46.6 Å². The summed E-state index contributed by atoms with van der Waals surface area (Å²) in [5.41, 5.74) is 3.17. The van der Waals surface area contributed by atoms with Crippen LogP contribution in [0.4, 0.5) is 5.69 Å². The lowest BCUT2D eigenvalue weighted by Gasteiger charge is -2.08. The molecule has 3 rings (SSSR count). The molecule has 0 saturated carbocycles. The van der Waals surface area contributed by atoms with Crippen LogP contribution >= 0.6 is 35.0 Å². The Balaban J connectivity index is 1.68. The van der Waals surface area contributed by atoms with E-state index in [-0.39, 0.29) is 11.7 Å². The number of nitrogens with one attached hydrogen (secondary N) is 1. The van der Waals surface area contributed by atoms with Gasteiger partial charge in [-0.2, -0.15) is 0 Å². The third-order valence-corrected chi connectivity index (χ3v) is 4.85. The van der Waals surface area contributed by atoms with Gasteiger partial charge in [0, 0.05) is 16.3 Å². The highest BCUT2D eigenvalue weighted by molar-refractivity contribution is 7.99. The molecule has 1 N–H and O–H groups in total. The lowest BCUT2D eigenvalue weighted by molar-refractivity contribution is -0.113. The summed E-state index contributed by atoms with van der Waals surface area (Å²) in [5.74, 6) is -0.0360. The molecule has 3 aromatic rings. The first kappa shape index (κ1) is 18.7. The SMILES string of the molecule is Cc1cc(-c2ccccc2)nc(SCC(=O)Nc2cc(Cl)ccc2Cl)n1. The van der Waals surface area contributed by atoms with Crippen LogP contribution in [0.1, 0.15) is 5.69 Å². The zero-order chi connectivity index (χ0) is 18.5. The number of carbonyl (C=O) groups excluding carboxylic acids is 1. The standard InChI is InChI=1S/C19H15Cl2N3OS/c1-12-9-16(13-5-3-2-4-6-13)24-19(22-12)26-11-18(25)23-17-10-14(20)7-8-15(17)21/h2-10H,11H2,1H3,(H,23,25). The quantitative estimate of drug-likeness (QED) is 0.451. The van der Waals surface area contributed by atoms with Crippen molar-refractivity contribution in [1.29, 1.82) is 0 Å². The molecule has 0 radical (unpaired) electrons. The first-order valence-corrected chi connectivity index (χ1v) is 9.54. The molecule has 1 aromatic heterocycles. The van der Waals surface area contributed by atoms with Crippen molar-refractivity contribution in [3.05, 3.63) is 70.3 Å². The molecule has 4 nitrogen and oxygen atoms in total. The van der Waals surface area contributed by atoms with Crippen LogP contribution in [0, 0.1) is 6.92 Å². The summed E-state index contributed by atoms with van der Waals surface area (Å²) in [4.78, 5) is 21.1. The van der Waals surface area contributed by atoms with Gasteiger partial charge in [0.15, 0.2) is 5.16 Å². The Hall–Kier alpha value is -2.08. The Labute approximate surface area is 166 Å². The summed E-state index contributed by atoms with van der Waals surface area (Å²) < 4.78 is 0. The first-order chi connectivity index (χ1) is 12.5. The molecule has 0 bridgehead atoms. The van der Waals surface area contributed by atoms with Gasteiger partial charge in [-0.3, -0.25) is 4.79 Å². The third-order valence-electron chi connectivity index (χ3n) is 3.44. The maximum atomic E-state index is 12.2. The second kappa shape index (κ2) is 8.54. The Morgan fingerprint density at radius 1 is 1.08 bits per heavy atom. The average molecular weight is 404 g/mol. The van der Waals surface area contributed by atoms with Crippen LogP contribution in [0.2, 0.25) is 10.0 Å². The monoisotopic (exact) mass is 403 g/mol. The van der Waals surface area contributed by atoms with Gasteiger partial charge in [-0.25, -0.2) is 9.97 Å². The number of aryl methyl sites for hydroxylation is 1. The van der Waals surface area contributed by atoms with Crippen LogP contribution in [-0.4, -0.2) is 21.6 Å². The van der Waals surface area contributed by atoms with E-state index in [1.54, 1.807) is 18.2 Å². The van der Waals surface area contributed by atoms with Crippen LogP contribution in [0.3, 0.4) is 0 Å². The fraction of sp³-hybridized carbons (Fsp3) is 0.105. The Bertz CT molecular complexity index is 935. The Morgan fingerprint density at radius 2 is 1.85 bits per heavy atom. The van der Waals surface area contributed by atoms with Gasteiger partial charge >= 0.3 is 0 Å². The molecular weight excluding hydrogens is 389 g/mol. The first-order valence-electron chi connectivity index (χ1n) is 7.80. The molecule has 0 aliphatic rings. The highest BCUT2D eigenvalue weighted by Gasteiger charge is 2.10. The number of halogens is 2. The van der Waals surface area contributed by atoms with Crippen molar-refractivity contribution in [1.82, 2.24) is 9.97 Å². The van der Waals surface area contributed by atoms with E-state index in [9.17, 15) is 4.79 Å². The predicted molar refractivity (Wildman–Crippen MR) is 108 cm³/mol. The minimum atomic E-state index is -0.203. The third kappa shape index (κ3) is 4.97. The van der Waals surface area contributed by atoms with Crippen LogP contribution in [-0.2, 0) is 4.79 Å². The molecular formula is C19H15Cl2N3OS. The second-order valence-electron chi connectivity index (χ2n) is 5.50. The van der Waals surface area contributed by atoms with Gasteiger partial charge in [-0.05, 0) is 31.2 Å². The average Bonchev–Trinajstić information content (AvgIpc) is 2.63. The fourth-order valence-corrected chi connectivity index (χ4v) is 3.31. The molecule has 0 saturated heterocycles. The summed E-state index contributed by atoms with van der Waals surface area (Å²) in [6, 6.07) is 16.7. The van der Waals surface area contributed by atoms with Crippen molar-refractivity contribution in [2.45, 2.75) is 12.1 Å². The number of amides is 1. The number of benzene rings is 2. The zero-order valence-corrected chi connectivity index (χ0v) is 16.2. The lowest BCUT2D eigenvalue weighted by atomic mass is 10.1. The molecule has 0 spiro atoms. The largest absolute Gasteiger partial charge is 0.324 e. The van der Waals surface area contributed by atoms with E-state index in [4.69, 9.17) is 23.2 Å². The molecule has 7 heteroatoms. The maximum absolute atomic E-state index is 12.2. The number of aromatic nitrogens is 2. The van der Waals surface area contributed by atoms with Gasteiger partial charge in [0.2, 0.25) is 5.91 Å². The minimum Gasteiger partial charge on any atom is -0.324 e. The van der Waals surface area contributed by atoms with E-state index >= 15 is 0 Å². The number of hydrogen-bond acceptors (Lipinski definition) is 4. The van der Waals surface area contributed by atoms with Crippen molar-refractivity contribution in [2.24, 2.45) is 0 Å². The molecule has 1 heterocycles. The van der Waals surface area contributed by atoms with E-state index in [1.807, 2.05) is 43.3 Å². The molecule has 0 aliphatic carbocycles. The van der Waals surface area contributed by atoms with Crippen molar-refractivity contribution in [2.75, 3.05) is 11.1 Å². The van der Waals surface area contributed by atoms with E-state index in [0.717, 1.165) is 17.0 Å². The van der Waals surface area contributed by atoms with Gasteiger partial charge in [-0.15, -0.1) is 0 Å². The van der Waals surface area contributed by atoms with Crippen LogP contribution in [0.25, 0.3) is 11.3 Å². The smallest absolute Gasteiger partial charge is 0.234 e. The zero-order valence-electron chi connectivity index (χ0n) is 13.9. The normalized spacial score (nSPS) is 10.6. The number of thioether (sulfide) groups is 1. The number of rotatable bonds is 5. The van der Waals surface area contributed by atoms with Gasteiger partial charge in [0.05, 0.1) is 22.2 Å². The fourth-order valence-electron chi connectivity index (χ4n) is 2.27. The van der Waals surface area contributed by atoms with Gasteiger partial charge < -0.3 is 5.32 Å². The van der Waals surface area contributed by atoms with E-state index in [2.05, 4.69) is 15.3 Å². The van der Waals surface area contributed by atoms with E-state index < -0.39 is 0 Å². The summed E-state index contributed by atoms with van der Waals surface area (Å²) in [6.45, 7) is 1.91. The molecule has 2 aromatic carbocycles. The van der Waals surface area contributed by atoms with Crippen molar-refractivity contribution < 1.29 is 4.79 Å². The Morgan fingerprint density at radius 3 is 2.62 bits per heavy atom. The number of carbonyl (C=O) groups is 1. The highest BCUT2D eigenvalue weighted by atomic mass is 35.5. The topological polar surface area (TPSA) is 54.9 Å². The van der Waals surface area contributed by atoms with E-state index in [0.29, 0.717) is 20.9 Å². The predicted octanol–water partition coefficient (Wildman–Crippen LogP) is 5.49. The molecule has 26 heavy (non-hydrogen) atoms. The van der Waals surface area contributed by atoms with Crippen molar-refractivity contribution in [3.8, 4) is 11.3 Å². The summed E-state index contributed by atoms with van der Waals surface area (Å²) in [6.07, 6.45) is 0. The highest BCUT2D eigenvalue weighted by Crippen LogP contribution is 2.26. The van der Waals surface area contributed by atoms with Gasteiger partial charge in [0.1, 0.15) is 0 Å². The number of nitrogens with zero attached hydrogens (tertiary/aromatic N) is 2. The van der Waals surface area contributed by atoms with Crippen LogP contribution in [0.5, 0.6) is 0 Å². The van der Waals surface area contributed by atoms with E-state index in [1.165, 1.54) is 11.8 Å². The minimum absolute atomic E-state index is 0.167. The maximum Gasteiger partial charge on any atom is 0.234 e. The molecule has 1 amide bonds. The van der Waals surface area contributed by atoms with Crippen LogP contribution < -0.4 is 5.32 Å². The summed E-state index contributed by atoms with van der Waals surface area (Å²) in [7, 11) is 0. The summed E-state index contributed by atoms with van der Waals surface area (Å²) in [5, 5.41) is 4.24. The summed E-state index contributed by atoms with van der Waals surface area (Å²) >= 11 is 13.3. The number of hydrogen-bond donors (Lipinski definition) is 1.